The highest BCUT2D eigenvalue weighted by Crippen LogP contribution is 2.46. The average Bonchev–Trinajstić information content (AvgIpc) is 2.95. The van der Waals surface area contributed by atoms with E-state index >= 15 is 0 Å². The van der Waals surface area contributed by atoms with E-state index in [1.165, 1.54) is 35.2 Å². The van der Waals surface area contributed by atoms with Gasteiger partial charge in [0.1, 0.15) is 6.33 Å². The number of fused-ring (bicyclic) bond motifs is 2. The highest BCUT2D eigenvalue weighted by molar-refractivity contribution is 5.80. The highest BCUT2D eigenvalue weighted by Gasteiger charge is 2.37. The van der Waals surface area contributed by atoms with Crippen molar-refractivity contribution in [1.29, 1.82) is 0 Å². The lowest BCUT2D eigenvalue weighted by atomic mass is 9.63. The fraction of sp³-hybridized carbons (Fsp3) is 0.381. The number of para-hydroxylation sites is 1. The van der Waals surface area contributed by atoms with Crippen LogP contribution in [0, 0.1) is 0 Å². The molecule has 1 aliphatic carbocycles. The van der Waals surface area contributed by atoms with E-state index in [4.69, 9.17) is 0 Å². The Bertz CT molecular complexity index is 869. The maximum Gasteiger partial charge on any atom is 0.100 e. The molecular weight excluding hydrogens is 280 g/mol. The molecule has 4 rings (SSSR count). The monoisotopic (exact) mass is 304 g/mol. The fourth-order valence-electron chi connectivity index (χ4n) is 3.86. The number of aromatic nitrogens is 2. The van der Waals surface area contributed by atoms with Crippen molar-refractivity contribution in [3.05, 3.63) is 59.9 Å². The molecule has 0 bridgehead atoms. The molecule has 0 radical (unpaired) electrons. The first kappa shape index (κ1) is 14.5. The number of rotatable bonds is 1. The van der Waals surface area contributed by atoms with Gasteiger partial charge in [0, 0.05) is 5.69 Å². The molecule has 0 atom stereocenters. The standard InChI is InChI=1S/C21H24N2/c1-20(2)10-11-21(3,4)17-13-19-18(12-16(17)20)22-14-23(19)15-8-6-5-7-9-15/h5-9,12-14H,10-11H2,1-4H3. The second-order valence-electron chi connectivity index (χ2n) is 8.10. The summed E-state index contributed by atoms with van der Waals surface area (Å²) in [5.41, 5.74) is 6.89. The fourth-order valence-corrected chi connectivity index (χ4v) is 3.86. The van der Waals surface area contributed by atoms with E-state index in [1.807, 2.05) is 6.33 Å². The average molecular weight is 304 g/mol. The van der Waals surface area contributed by atoms with Gasteiger partial charge in [-0.25, -0.2) is 4.98 Å². The van der Waals surface area contributed by atoms with Crippen LogP contribution in [0.25, 0.3) is 16.7 Å². The number of benzene rings is 2. The number of imidazole rings is 1. The molecule has 0 amide bonds. The Kier molecular flexibility index (Phi) is 2.96. The molecule has 2 nitrogen and oxygen atoms in total. The van der Waals surface area contributed by atoms with Gasteiger partial charge in [-0.1, -0.05) is 45.9 Å². The van der Waals surface area contributed by atoms with Gasteiger partial charge in [0.05, 0.1) is 11.0 Å². The van der Waals surface area contributed by atoms with Crippen molar-refractivity contribution in [2.45, 2.75) is 51.4 Å². The van der Waals surface area contributed by atoms with Crippen LogP contribution in [0.5, 0.6) is 0 Å². The zero-order valence-corrected chi connectivity index (χ0v) is 14.4. The maximum absolute atomic E-state index is 4.68. The van der Waals surface area contributed by atoms with E-state index in [-0.39, 0.29) is 10.8 Å². The predicted molar refractivity (Wildman–Crippen MR) is 96.4 cm³/mol. The lowest BCUT2D eigenvalue weighted by Gasteiger charge is -2.41. The summed E-state index contributed by atoms with van der Waals surface area (Å²) in [6, 6.07) is 15.2. The third kappa shape index (κ3) is 2.20. The molecule has 1 heterocycles. The van der Waals surface area contributed by atoms with E-state index in [9.17, 15) is 0 Å². The van der Waals surface area contributed by atoms with E-state index < -0.39 is 0 Å². The summed E-state index contributed by atoms with van der Waals surface area (Å²) >= 11 is 0. The Hall–Kier alpha value is -2.09. The lowest BCUT2D eigenvalue weighted by Crippen LogP contribution is -2.33. The van der Waals surface area contributed by atoms with Crippen molar-refractivity contribution in [3.63, 3.8) is 0 Å². The molecule has 0 aliphatic heterocycles. The normalized spacial score (nSPS) is 18.8. The lowest BCUT2D eigenvalue weighted by molar-refractivity contribution is 0.332. The van der Waals surface area contributed by atoms with Crippen molar-refractivity contribution < 1.29 is 0 Å². The largest absolute Gasteiger partial charge is 0.299 e. The summed E-state index contributed by atoms with van der Waals surface area (Å²) in [6.07, 6.45) is 4.42. The molecule has 1 aromatic heterocycles. The Balaban J connectivity index is 2.00. The minimum absolute atomic E-state index is 0.227. The number of nitrogens with zero attached hydrogens (tertiary/aromatic N) is 2. The van der Waals surface area contributed by atoms with E-state index in [2.05, 4.69) is 79.7 Å². The highest BCUT2D eigenvalue weighted by atomic mass is 15.0. The molecule has 0 saturated carbocycles. The van der Waals surface area contributed by atoms with Gasteiger partial charge in [0.2, 0.25) is 0 Å². The Morgan fingerprint density at radius 2 is 1.48 bits per heavy atom. The van der Waals surface area contributed by atoms with Crippen molar-refractivity contribution in [2.24, 2.45) is 0 Å². The molecule has 0 unspecified atom stereocenters. The third-order valence-electron chi connectivity index (χ3n) is 5.55. The Labute approximate surface area is 138 Å². The van der Waals surface area contributed by atoms with Crippen LogP contribution in [0.4, 0.5) is 0 Å². The van der Waals surface area contributed by atoms with Crippen LogP contribution < -0.4 is 0 Å². The molecular formula is C21H24N2. The number of hydrogen-bond donors (Lipinski definition) is 0. The van der Waals surface area contributed by atoms with Crippen molar-refractivity contribution in [2.75, 3.05) is 0 Å². The van der Waals surface area contributed by atoms with Crippen molar-refractivity contribution >= 4 is 11.0 Å². The van der Waals surface area contributed by atoms with Crippen molar-refractivity contribution in [3.8, 4) is 5.69 Å². The molecule has 118 valence electrons. The first-order chi connectivity index (χ1) is 10.9. The van der Waals surface area contributed by atoms with E-state index in [1.54, 1.807) is 0 Å². The quantitative estimate of drug-likeness (QED) is 0.590. The third-order valence-corrected chi connectivity index (χ3v) is 5.55. The maximum atomic E-state index is 4.68. The van der Waals surface area contributed by atoms with Crippen LogP contribution in [-0.2, 0) is 10.8 Å². The van der Waals surface area contributed by atoms with Gasteiger partial charge in [0.15, 0.2) is 0 Å². The molecule has 0 saturated heterocycles. The summed E-state index contributed by atoms with van der Waals surface area (Å²) in [5.74, 6) is 0. The van der Waals surface area contributed by atoms with E-state index in [0.29, 0.717) is 0 Å². The van der Waals surface area contributed by atoms with Gasteiger partial charge in [0.25, 0.3) is 0 Å². The molecule has 0 fully saturated rings. The molecule has 0 N–H and O–H groups in total. The first-order valence-electron chi connectivity index (χ1n) is 8.46. The van der Waals surface area contributed by atoms with Gasteiger partial charge in [-0.05, 0) is 59.1 Å². The van der Waals surface area contributed by atoms with Gasteiger partial charge in [-0.3, -0.25) is 4.57 Å². The minimum Gasteiger partial charge on any atom is -0.299 e. The van der Waals surface area contributed by atoms with Crippen LogP contribution >= 0.6 is 0 Å². The van der Waals surface area contributed by atoms with Gasteiger partial charge < -0.3 is 0 Å². The van der Waals surface area contributed by atoms with E-state index in [0.717, 1.165) is 5.52 Å². The van der Waals surface area contributed by atoms with Crippen LogP contribution in [-0.4, -0.2) is 9.55 Å². The summed E-state index contributed by atoms with van der Waals surface area (Å²) in [7, 11) is 0. The Morgan fingerprint density at radius 3 is 2.13 bits per heavy atom. The summed E-state index contributed by atoms with van der Waals surface area (Å²) in [4.78, 5) is 4.68. The predicted octanol–water partition coefficient (Wildman–Crippen LogP) is 5.37. The molecule has 3 aromatic rings. The second-order valence-corrected chi connectivity index (χ2v) is 8.10. The SMILES string of the molecule is CC1(C)CCC(C)(C)c2cc3c(cc21)ncn3-c1ccccc1. The molecule has 1 aliphatic rings. The van der Waals surface area contributed by atoms with Gasteiger partial charge in [-0.15, -0.1) is 0 Å². The molecule has 2 heteroatoms. The zero-order valence-electron chi connectivity index (χ0n) is 14.4. The smallest absolute Gasteiger partial charge is 0.100 e. The first-order valence-corrected chi connectivity index (χ1v) is 8.46. The minimum atomic E-state index is 0.227. The van der Waals surface area contributed by atoms with Gasteiger partial charge >= 0.3 is 0 Å². The molecule has 0 spiro atoms. The van der Waals surface area contributed by atoms with Crippen LogP contribution in [0.15, 0.2) is 48.8 Å². The zero-order chi connectivity index (χ0) is 16.2. The second kappa shape index (κ2) is 4.70. The summed E-state index contributed by atoms with van der Waals surface area (Å²) < 4.78 is 2.20. The number of hydrogen-bond acceptors (Lipinski definition) is 1. The van der Waals surface area contributed by atoms with Crippen LogP contribution in [0.1, 0.15) is 51.7 Å². The Morgan fingerprint density at radius 1 is 0.870 bits per heavy atom. The van der Waals surface area contributed by atoms with Crippen molar-refractivity contribution in [1.82, 2.24) is 9.55 Å². The topological polar surface area (TPSA) is 17.8 Å². The summed E-state index contributed by atoms with van der Waals surface area (Å²) in [5, 5.41) is 0. The molecule has 23 heavy (non-hydrogen) atoms. The van der Waals surface area contributed by atoms with Crippen LogP contribution in [0.2, 0.25) is 0 Å². The van der Waals surface area contributed by atoms with Crippen LogP contribution in [0.3, 0.4) is 0 Å². The summed E-state index contributed by atoms with van der Waals surface area (Å²) in [6.45, 7) is 9.47. The molecule has 2 aromatic carbocycles. The van der Waals surface area contributed by atoms with Gasteiger partial charge in [-0.2, -0.15) is 0 Å².